The molecule has 0 spiro atoms. The maximum atomic E-state index is 8.36. The number of aliphatic hydroxyl groups excluding tert-OH is 4. The predicted octanol–water partition coefficient (Wildman–Crippen LogP) is 2.82. The van der Waals surface area contributed by atoms with E-state index >= 15 is 0 Å². The van der Waals surface area contributed by atoms with Crippen molar-refractivity contribution in [3.8, 4) is 0 Å². The van der Waals surface area contributed by atoms with Gasteiger partial charge in [0, 0.05) is 13.2 Å². The Balaban J connectivity index is -0.0000000853. The second-order valence-electron chi connectivity index (χ2n) is 5.67. The lowest BCUT2D eigenvalue weighted by atomic mass is 10.2. The summed E-state index contributed by atoms with van der Waals surface area (Å²) in [6, 6.07) is 0. The first-order chi connectivity index (χ1) is 9.08. The van der Waals surface area contributed by atoms with Crippen LogP contribution in [0.5, 0.6) is 0 Å². The van der Waals surface area contributed by atoms with Crippen molar-refractivity contribution in [1.82, 2.24) is 0 Å². The van der Waals surface area contributed by atoms with E-state index in [2.05, 4.69) is 0 Å². The maximum absolute atomic E-state index is 8.36. The zero-order valence-electron chi connectivity index (χ0n) is 14.9. The minimum atomic E-state index is -0.116. The largest absolute Gasteiger partial charge is 0.396 e. The minimum absolute atomic E-state index is 0.116. The van der Waals surface area contributed by atoms with Gasteiger partial charge >= 0.3 is 0 Å². The molecule has 4 N–H and O–H groups in total. The van der Waals surface area contributed by atoms with Crippen LogP contribution in [-0.2, 0) is 0 Å². The van der Waals surface area contributed by atoms with E-state index in [4.69, 9.17) is 20.4 Å². The molecule has 4 nitrogen and oxygen atoms in total. The predicted molar refractivity (Wildman–Crippen MR) is 87.8 cm³/mol. The highest BCUT2D eigenvalue weighted by Crippen LogP contribution is 1.84. The van der Waals surface area contributed by atoms with Crippen molar-refractivity contribution in [1.29, 1.82) is 0 Å². The third-order valence-electron chi connectivity index (χ3n) is 1.91. The van der Waals surface area contributed by atoms with Crippen molar-refractivity contribution in [2.24, 2.45) is 11.8 Å². The zero-order valence-corrected chi connectivity index (χ0v) is 14.9. The lowest BCUT2D eigenvalue weighted by molar-refractivity contribution is 0.190. The molecule has 0 aliphatic carbocycles. The van der Waals surface area contributed by atoms with Crippen molar-refractivity contribution in [2.75, 3.05) is 13.2 Å². The first kappa shape index (κ1) is 28.1. The highest BCUT2D eigenvalue weighted by atomic mass is 16.3. The molecule has 0 aromatic carbocycles. The summed E-state index contributed by atoms with van der Waals surface area (Å²) < 4.78 is 0. The number of aliphatic hydroxyl groups is 4. The van der Waals surface area contributed by atoms with Gasteiger partial charge in [-0.05, 0) is 38.5 Å². The molecule has 0 aliphatic rings. The molecular weight excluding hydrogens is 256 g/mol. The molecule has 0 radical (unpaired) electrons. The van der Waals surface area contributed by atoms with Gasteiger partial charge in [0.2, 0.25) is 0 Å². The fraction of sp³-hybridized carbons (Fsp3) is 1.00. The van der Waals surface area contributed by atoms with E-state index < -0.39 is 0 Å². The number of hydrogen-bond acceptors (Lipinski definition) is 4. The Hall–Kier alpha value is -0.160. The molecule has 4 heteroatoms. The van der Waals surface area contributed by atoms with E-state index in [1.807, 2.05) is 41.5 Å². The van der Waals surface area contributed by atoms with Crippen molar-refractivity contribution in [3.05, 3.63) is 0 Å². The van der Waals surface area contributed by atoms with Gasteiger partial charge in [-0.15, -0.1) is 0 Å². The topological polar surface area (TPSA) is 80.9 Å². The summed E-state index contributed by atoms with van der Waals surface area (Å²) >= 11 is 0. The van der Waals surface area contributed by atoms with Crippen LogP contribution in [0.1, 0.15) is 68.2 Å². The van der Waals surface area contributed by atoms with Gasteiger partial charge in [-0.3, -0.25) is 0 Å². The molecule has 0 bridgehead atoms. The quantitative estimate of drug-likeness (QED) is 0.643. The summed E-state index contributed by atoms with van der Waals surface area (Å²) in [4.78, 5) is 0. The number of hydrogen-bond donors (Lipinski definition) is 4. The Morgan fingerprint density at radius 2 is 0.700 bits per heavy atom. The summed E-state index contributed by atoms with van der Waals surface area (Å²) in [6.07, 6.45) is 1.49. The van der Waals surface area contributed by atoms with Crippen molar-refractivity contribution >= 4 is 0 Å². The average Bonchev–Trinajstić information content (AvgIpc) is 2.40. The average molecular weight is 296 g/mol. The third kappa shape index (κ3) is 82.3. The van der Waals surface area contributed by atoms with E-state index in [1.54, 1.807) is 13.8 Å². The first-order valence-electron chi connectivity index (χ1n) is 7.66. The maximum Gasteiger partial charge on any atom is 0.0509 e. The van der Waals surface area contributed by atoms with Gasteiger partial charge < -0.3 is 20.4 Å². The van der Waals surface area contributed by atoms with E-state index in [0.29, 0.717) is 25.0 Å². The summed E-state index contributed by atoms with van der Waals surface area (Å²) in [7, 11) is 0. The molecule has 0 aliphatic heterocycles. The molecule has 0 fully saturated rings. The molecular formula is C16H40O4. The monoisotopic (exact) mass is 296 g/mol. The molecule has 0 amide bonds. The van der Waals surface area contributed by atoms with Gasteiger partial charge in [-0.2, -0.15) is 0 Å². The van der Waals surface area contributed by atoms with Gasteiger partial charge in [-0.1, -0.05) is 41.5 Å². The van der Waals surface area contributed by atoms with Gasteiger partial charge in [-0.25, -0.2) is 0 Å². The molecule has 0 heterocycles. The van der Waals surface area contributed by atoms with Crippen LogP contribution in [0.2, 0.25) is 0 Å². The van der Waals surface area contributed by atoms with Crippen LogP contribution >= 0.6 is 0 Å². The Labute approximate surface area is 126 Å². The lowest BCUT2D eigenvalue weighted by Crippen LogP contribution is -1.93. The van der Waals surface area contributed by atoms with Crippen molar-refractivity contribution in [3.63, 3.8) is 0 Å². The molecule has 0 rings (SSSR count). The first-order valence-corrected chi connectivity index (χ1v) is 7.66. The SMILES string of the molecule is CC(C)CO.CC(C)CO.CCC(C)O.CCC(C)O. The summed E-state index contributed by atoms with van der Waals surface area (Å²) in [5.74, 6) is 0.880. The molecule has 0 saturated carbocycles. The standard InChI is InChI=1S/4C4H10O/c2*1-4(2)3-5;2*1-3-4(2)5/h4*4-5H,3H2,1-2H3. The Morgan fingerprint density at radius 1 is 0.600 bits per heavy atom. The molecule has 2 unspecified atom stereocenters. The Kier molecular flexibility index (Phi) is 33.5. The van der Waals surface area contributed by atoms with Gasteiger partial charge in [0.15, 0.2) is 0 Å². The Morgan fingerprint density at radius 3 is 0.700 bits per heavy atom. The summed E-state index contributed by atoms with van der Waals surface area (Å²) in [5.41, 5.74) is 0. The smallest absolute Gasteiger partial charge is 0.0509 e. The molecule has 20 heavy (non-hydrogen) atoms. The Bertz CT molecular complexity index is 102. The summed E-state index contributed by atoms with van der Waals surface area (Å²) in [5, 5.41) is 33.0. The lowest BCUT2D eigenvalue weighted by Gasteiger charge is -1.90. The van der Waals surface area contributed by atoms with Crippen LogP contribution in [0.3, 0.4) is 0 Å². The highest BCUT2D eigenvalue weighted by molar-refractivity contribution is 4.35. The van der Waals surface area contributed by atoms with Crippen LogP contribution in [0.4, 0.5) is 0 Å². The number of rotatable bonds is 4. The highest BCUT2D eigenvalue weighted by Gasteiger charge is 1.82. The van der Waals surface area contributed by atoms with E-state index in [-0.39, 0.29) is 12.2 Å². The van der Waals surface area contributed by atoms with E-state index in [9.17, 15) is 0 Å². The molecule has 128 valence electrons. The fourth-order valence-electron chi connectivity index (χ4n) is 0. The fourth-order valence-corrected chi connectivity index (χ4v) is 0. The zero-order chi connectivity index (χ0) is 17.1. The van der Waals surface area contributed by atoms with Crippen LogP contribution in [-0.4, -0.2) is 45.8 Å². The van der Waals surface area contributed by atoms with E-state index in [0.717, 1.165) is 12.8 Å². The van der Waals surface area contributed by atoms with Crippen LogP contribution < -0.4 is 0 Å². The van der Waals surface area contributed by atoms with Crippen LogP contribution in [0.15, 0.2) is 0 Å². The molecule has 0 aromatic heterocycles. The molecule has 2 atom stereocenters. The van der Waals surface area contributed by atoms with Crippen molar-refractivity contribution in [2.45, 2.75) is 80.4 Å². The normalized spacial score (nSPS) is 12.3. The second kappa shape index (κ2) is 23.9. The van der Waals surface area contributed by atoms with Crippen LogP contribution in [0.25, 0.3) is 0 Å². The second-order valence-corrected chi connectivity index (χ2v) is 5.67. The minimum Gasteiger partial charge on any atom is -0.396 e. The summed E-state index contributed by atoms with van der Waals surface area (Å²) in [6.45, 7) is 16.0. The van der Waals surface area contributed by atoms with Gasteiger partial charge in [0.05, 0.1) is 12.2 Å². The van der Waals surface area contributed by atoms with Crippen molar-refractivity contribution < 1.29 is 20.4 Å². The van der Waals surface area contributed by atoms with Gasteiger partial charge in [0.25, 0.3) is 0 Å². The van der Waals surface area contributed by atoms with Crippen LogP contribution in [0, 0.1) is 11.8 Å². The molecule has 0 saturated heterocycles. The molecule has 0 aromatic rings. The third-order valence-corrected chi connectivity index (χ3v) is 1.91. The van der Waals surface area contributed by atoms with Gasteiger partial charge in [0.1, 0.15) is 0 Å². The van der Waals surface area contributed by atoms with E-state index in [1.165, 1.54) is 0 Å².